The van der Waals surface area contributed by atoms with Gasteiger partial charge in [-0.1, -0.05) is 38.7 Å². The van der Waals surface area contributed by atoms with Crippen LogP contribution >= 0.6 is 0 Å². The molecule has 0 bridgehead atoms. The average Bonchev–Trinajstić information content (AvgIpc) is 2.74. The molecule has 98 valence electrons. The van der Waals surface area contributed by atoms with Crippen molar-refractivity contribution >= 4 is 10.9 Å². The van der Waals surface area contributed by atoms with Crippen LogP contribution in [0.2, 0.25) is 0 Å². The summed E-state index contributed by atoms with van der Waals surface area (Å²) in [5.74, 6) is 1.01. The Kier molecular flexibility index (Phi) is 4.68. The molecule has 0 aliphatic carbocycles. The minimum Gasteiger partial charge on any atom is -0.493 e. The highest BCUT2D eigenvalue weighted by molar-refractivity contribution is 5.86. The molecular weight excluding hydrogens is 222 g/mol. The van der Waals surface area contributed by atoms with Crippen molar-refractivity contribution in [1.29, 1.82) is 0 Å². The number of H-pyrrole nitrogens is 1. The van der Waals surface area contributed by atoms with E-state index in [9.17, 15) is 0 Å². The van der Waals surface area contributed by atoms with Gasteiger partial charge in [-0.2, -0.15) is 0 Å². The van der Waals surface area contributed by atoms with E-state index >= 15 is 0 Å². The second-order valence-electron chi connectivity index (χ2n) is 4.93. The molecule has 0 saturated heterocycles. The Labute approximate surface area is 109 Å². The molecule has 0 amide bonds. The van der Waals surface area contributed by atoms with Gasteiger partial charge in [-0.05, 0) is 31.5 Å². The molecule has 0 aliphatic heterocycles. The van der Waals surface area contributed by atoms with Crippen molar-refractivity contribution < 1.29 is 4.74 Å². The van der Waals surface area contributed by atoms with Crippen LogP contribution in [0.25, 0.3) is 10.9 Å². The lowest BCUT2D eigenvalue weighted by molar-refractivity contribution is 0.308. The van der Waals surface area contributed by atoms with E-state index in [0.29, 0.717) is 0 Å². The fraction of sp³-hybridized carbons (Fsp3) is 0.500. The van der Waals surface area contributed by atoms with E-state index in [1.54, 1.807) is 0 Å². The Bertz CT molecular complexity index is 487. The lowest BCUT2D eigenvalue weighted by atomic mass is 10.2. The van der Waals surface area contributed by atoms with Crippen molar-refractivity contribution in [1.82, 2.24) is 4.98 Å². The Morgan fingerprint density at radius 3 is 2.78 bits per heavy atom. The summed E-state index contributed by atoms with van der Waals surface area (Å²) in [4.78, 5) is 3.34. The van der Waals surface area contributed by atoms with Crippen molar-refractivity contribution in [3.05, 3.63) is 30.0 Å². The maximum Gasteiger partial charge on any atom is 0.128 e. The smallest absolute Gasteiger partial charge is 0.128 e. The van der Waals surface area contributed by atoms with E-state index in [1.165, 1.54) is 36.8 Å². The minimum absolute atomic E-state index is 0.826. The zero-order valence-corrected chi connectivity index (χ0v) is 11.5. The quantitative estimate of drug-likeness (QED) is 0.695. The van der Waals surface area contributed by atoms with Crippen LogP contribution in [-0.4, -0.2) is 11.6 Å². The predicted molar refractivity (Wildman–Crippen MR) is 77.3 cm³/mol. The van der Waals surface area contributed by atoms with Gasteiger partial charge in [-0.3, -0.25) is 0 Å². The molecular formula is C16H23NO. The van der Waals surface area contributed by atoms with E-state index in [2.05, 4.69) is 37.0 Å². The topological polar surface area (TPSA) is 25.0 Å². The van der Waals surface area contributed by atoms with Gasteiger partial charge in [0.15, 0.2) is 0 Å². The number of aryl methyl sites for hydroxylation is 1. The van der Waals surface area contributed by atoms with Crippen LogP contribution in [0, 0.1) is 6.92 Å². The fourth-order valence-corrected chi connectivity index (χ4v) is 2.28. The highest BCUT2D eigenvalue weighted by atomic mass is 16.5. The Morgan fingerprint density at radius 2 is 1.94 bits per heavy atom. The number of benzene rings is 1. The number of hydrogen-bond donors (Lipinski definition) is 1. The van der Waals surface area contributed by atoms with Gasteiger partial charge in [0.25, 0.3) is 0 Å². The number of aromatic amines is 1. The first-order chi connectivity index (χ1) is 8.81. The second kappa shape index (κ2) is 6.48. The lowest BCUT2D eigenvalue weighted by Gasteiger charge is -2.07. The molecule has 0 fully saturated rings. The van der Waals surface area contributed by atoms with Crippen LogP contribution < -0.4 is 4.74 Å². The molecule has 0 atom stereocenters. The van der Waals surface area contributed by atoms with Gasteiger partial charge in [0.2, 0.25) is 0 Å². The fourth-order valence-electron chi connectivity index (χ4n) is 2.28. The largest absolute Gasteiger partial charge is 0.493 e. The molecule has 2 rings (SSSR count). The summed E-state index contributed by atoms with van der Waals surface area (Å²) >= 11 is 0. The van der Waals surface area contributed by atoms with Gasteiger partial charge < -0.3 is 9.72 Å². The Hall–Kier alpha value is -1.44. The van der Waals surface area contributed by atoms with Gasteiger partial charge in [0, 0.05) is 16.6 Å². The number of nitrogens with one attached hydrogen (secondary N) is 1. The maximum atomic E-state index is 5.89. The monoisotopic (exact) mass is 245 g/mol. The van der Waals surface area contributed by atoms with Crippen LogP contribution in [0.1, 0.15) is 44.7 Å². The van der Waals surface area contributed by atoms with Crippen LogP contribution in [0.4, 0.5) is 0 Å². The van der Waals surface area contributed by atoms with E-state index in [1.807, 2.05) is 6.07 Å². The molecule has 1 heterocycles. The molecule has 0 spiro atoms. The predicted octanol–water partition coefficient (Wildman–Crippen LogP) is 4.83. The highest BCUT2D eigenvalue weighted by Gasteiger charge is 2.04. The maximum absolute atomic E-state index is 5.89. The Balaban J connectivity index is 1.87. The summed E-state index contributed by atoms with van der Waals surface area (Å²) < 4.78 is 5.89. The first-order valence-electron chi connectivity index (χ1n) is 7.02. The van der Waals surface area contributed by atoms with E-state index in [-0.39, 0.29) is 0 Å². The van der Waals surface area contributed by atoms with Gasteiger partial charge in [-0.15, -0.1) is 0 Å². The van der Waals surface area contributed by atoms with Crippen molar-refractivity contribution in [3.63, 3.8) is 0 Å². The number of hydrogen-bond acceptors (Lipinski definition) is 1. The van der Waals surface area contributed by atoms with E-state index in [0.717, 1.165) is 24.3 Å². The molecule has 2 heteroatoms. The SMILES string of the molecule is CCCCCCCOc1cccc2[nH]c(C)cc12. The highest BCUT2D eigenvalue weighted by Crippen LogP contribution is 2.26. The third-order valence-electron chi connectivity index (χ3n) is 3.26. The van der Waals surface area contributed by atoms with Crippen molar-refractivity contribution in [3.8, 4) is 5.75 Å². The summed E-state index contributed by atoms with van der Waals surface area (Å²) in [6.45, 7) is 5.15. The number of rotatable bonds is 7. The average molecular weight is 245 g/mol. The summed E-state index contributed by atoms with van der Waals surface area (Å²) in [5.41, 5.74) is 2.35. The van der Waals surface area contributed by atoms with Gasteiger partial charge in [0.05, 0.1) is 6.61 Å². The number of ether oxygens (including phenoxy) is 1. The molecule has 1 aromatic heterocycles. The number of unbranched alkanes of at least 4 members (excludes halogenated alkanes) is 4. The number of aromatic nitrogens is 1. The summed E-state index contributed by atoms with van der Waals surface area (Å²) in [7, 11) is 0. The van der Waals surface area contributed by atoms with Crippen molar-refractivity contribution in [2.75, 3.05) is 6.61 Å². The molecule has 1 aromatic carbocycles. The summed E-state index contributed by atoms with van der Waals surface area (Å²) in [5, 5.41) is 1.20. The lowest BCUT2D eigenvalue weighted by Crippen LogP contribution is -1.97. The third kappa shape index (κ3) is 3.28. The van der Waals surface area contributed by atoms with Gasteiger partial charge in [-0.25, -0.2) is 0 Å². The first-order valence-corrected chi connectivity index (χ1v) is 7.02. The first kappa shape index (κ1) is 13.0. The van der Waals surface area contributed by atoms with E-state index < -0.39 is 0 Å². The van der Waals surface area contributed by atoms with E-state index in [4.69, 9.17) is 4.74 Å². The zero-order chi connectivity index (χ0) is 12.8. The summed E-state index contributed by atoms with van der Waals surface area (Å²) in [6.07, 6.45) is 6.39. The molecule has 18 heavy (non-hydrogen) atoms. The normalized spacial score (nSPS) is 11.0. The molecule has 0 radical (unpaired) electrons. The number of fused-ring (bicyclic) bond motifs is 1. The van der Waals surface area contributed by atoms with Crippen LogP contribution in [-0.2, 0) is 0 Å². The van der Waals surface area contributed by atoms with Gasteiger partial charge >= 0.3 is 0 Å². The molecule has 0 aliphatic rings. The minimum atomic E-state index is 0.826. The van der Waals surface area contributed by atoms with Crippen molar-refractivity contribution in [2.24, 2.45) is 0 Å². The standard InChI is InChI=1S/C16H23NO/c1-3-4-5-6-7-11-18-16-10-8-9-15-14(16)12-13(2)17-15/h8-10,12,17H,3-7,11H2,1-2H3. The zero-order valence-electron chi connectivity index (χ0n) is 11.5. The summed E-state index contributed by atoms with van der Waals surface area (Å²) in [6, 6.07) is 8.35. The second-order valence-corrected chi connectivity index (χ2v) is 4.93. The third-order valence-corrected chi connectivity index (χ3v) is 3.26. The molecule has 2 nitrogen and oxygen atoms in total. The van der Waals surface area contributed by atoms with Crippen molar-refractivity contribution in [2.45, 2.75) is 46.0 Å². The van der Waals surface area contributed by atoms with Crippen LogP contribution in [0.5, 0.6) is 5.75 Å². The Morgan fingerprint density at radius 1 is 1.11 bits per heavy atom. The molecule has 0 saturated carbocycles. The molecule has 1 N–H and O–H groups in total. The van der Waals surface area contributed by atoms with Crippen LogP contribution in [0.15, 0.2) is 24.3 Å². The molecule has 0 unspecified atom stereocenters. The van der Waals surface area contributed by atoms with Gasteiger partial charge in [0.1, 0.15) is 5.75 Å². The van der Waals surface area contributed by atoms with Crippen LogP contribution in [0.3, 0.4) is 0 Å². The molecule has 2 aromatic rings.